The number of fused-ring (bicyclic) bond motifs is 2. The molecule has 0 saturated carbocycles. The predicted octanol–water partition coefficient (Wildman–Crippen LogP) is 1.83. The lowest BCUT2D eigenvalue weighted by molar-refractivity contribution is -0.174. The van der Waals surface area contributed by atoms with Gasteiger partial charge in [-0.15, -0.1) is 0 Å². The van der Waals surface area contributed by atoms with Crippen molar-refractivity contribution in [3.63, 3.8) is 0 Å². The summed E-state index contributed by atoms with van der Waals surface area (Å²) < 4.78 is 16.8. The summed E-state index contributed by atoms with van der Waals surface area (Å²) in [5.41, 5.74) is -0.959. The summed E-state index contributed by atoms with van der Waals surface area (Å²) in [6, 6.07) is 3.18. The zero-order valence-electron chi connectivity index (χ0n) is 17.0. The molecule has 1 aromatic carbocycles. The second-order valence-corrected chi connectivity index (χ2v) is 7.44. The standard InChI is InChI=1S/C21H23NO7/c1-11-9-15(27-12(2)23)18-16(10-11)29-21(20(26)22(4)5)14(19(18)25)7-6-8-17(21)28-13(3)24/h6,8-10,14,17H,7H2,1-5H3/t14?,17-,21+/m1/s1. The van der Waals surface area contributed by atoms with Crippen LogP contribution in [0.3, 0.4) is 0 Å². The molecular formula is C21H23NO7. The number of carbonyl (C=O) groups excluding carboxylic acids is 4. The lowest BCUT2D eigenvalue weighted by Crippen LogP contribution is -2.67. The molecule has 1 amide bonds. The van der Waals surface area contributed by atoms with Gasteiger partial charge in [0.2, 0.25) is 5.60 Å². The SMILES string of the molecule is CC(=O)Oc1cc(C)cc2c1C(=O)C1CC=C[C@@H](OC(C)=O)[C@@]1(C(=O)N(C)C)O2. The molecule has 8 nitrogen and oxygen atoms in total. The van der Waals surface area contributed by atoms with Gasteiger partial charge in [-0.05, 0) is 37.1 Å². The van der Waals surface area contributed by atoms with Crippen molar-refractivity contribution in [1.82, 2.24) is 4.90 Å². The van der Waals surface area contributed by atoms with E-state index >= 15 is 0 Å². The van der Waals surface area contributed by atoms with Gasteiger partial charge in [0, 0.05) is 27.9 Å². The third-order valence-corrected chi connectivity index (χ3v) is 4.96. The monoisotopic (exact) mass is 401 g/mol. The molecule has 154 valence electrons. The number of rotatable bonds is 3. The van der Waals surface area contributed by atoms with Gasteiger partial charge in [-0.25, -0.2) is 0 Å². The summed E-state index contributed by atoms with van der Waals surface area (Å²) in [7, 11) is 3.09. The molecule has 0 bridgehead atoms. The highest BCUT2D eigenvalue weighted by molar-refractivity contribution is 6.09. The average molecular weight is 401 g/mol. The smallest absolute Gasteiger partial charge is 0.308 e. The van der Waals surface area contributed by atoms with Crippen LogP contribution in [0.25, 0.3) is 0 Å². The number of hydrogen-bond donors (Lipinski definition) is 0. The molecule has 0 fully saturated rings. The van der Waals surface area contributed by atoms with Crippen LogP contribution in [0.2, 0.25) is 0 Å². The Morgan fingerprint density at radius 2 is 1.86 bits per heavy atom. The lowest BCUT2D eigenvalue weighted by Gasteiger charge is -2.47. The highest BCUT2D eigenvalue weighted by Crippen LogP contribution is 2.48. The predicted molar refractivity (Wildman–Crippen MR) is 102 cm³/mol. The number of benzene rings is 1. The van der Waals surface area contributed by atoms with Crippen LogP contribution < -0.4 is 9.47 Å². The van der Waals surface area contributed by atoms with Crippen molar-refractivity contribution >= 4 is 23.6 Å². The van der Waals surface area contributed by atoms with Crippen LogP contribution in [0.5, 0.6) is 11.5 Å². The molecule has 1 unspecified atom stereocenters. The second-order valence-electron chi connectivity index (χ2n) is 7.44. The summed E-state index contributed by atoms with van der Waals surface area (Å²) in [6.07, 6.45) is 2.39. The van der Waals surface area contributed by atoms with Crippen molar-refractivity contribution in [1.29, 1.82) is 0 Å². The Labute approximate surface area is 168 Å². The van der Waals surface area contributed by atoms with E-state index in [2.05, 4.69) is 0 Å². The highest BCUT2D eigenvalue weighted by atomic mass is 16.6. The molecule has 3 atom stereocenters. The fourth-order valence-corrected chi connectivity index (χ4v) is 3.89. The first-order chi connectivity index (χ1) is 13.6. The number of amides is 1. The molecule has 1 heterocycles. The number of esters is 2. The maximum atomic E-state index is 13.5. The van der Waals surface area contributed by atoms with Gasteiger partial charge in [0.15, 0.2) is 11.9 Å². The van der Waals surface area contributed by atoms with Crippen LogP contribution in [0, 0.1) is 12.8 Å². The number of ether oxygens (including phenoxy) is 3. The third kappa shape index (κ3) is 3.39. The molecule has 0 spiro atoms. The number of ketones is 1. The first-order valence-corrected chi connectivity index (χ1v) is 9.19. The van der Waals surface area contributed by atoms with Gasteiger partial charge in [-0.1, -0.05) is 6.08 Å². The molecule has 1 aromatic rings. The van der Waals surface area contributed by atoms with Crippen molar-refractivity contribution in [2.45, 2.75) is 38.9 Å². The minimum atomic E-state index is -1.74. The van der Waals surface area contributed by atoms with E-state index in [1.54, 1.807) is 45.3 Å². The van der Waals surface area contributed by atoms with Crippen LogP contribution in [0.4, 0.5) is 0 Å². The average Bonchev–Trinajstić information content (AvgIpc) is 2.60. The van der Waals surface area contributed by atoms with Gasteiger partial charge >= 0.3 is 11.9 Å². The van der Waals surface area contributed by atoms with Gasteiger partial charge in [0.1, 0.15) is 17.1 Å². The van der Waals surface area contributed by atoms with E-state index < -0.39 is 41.3 Å². The van der Waals surface area contributed by atoms with Crippen molar-refractivity contribution < 1.29 is 33.4 Å². The Bertz CT molecular complexity index is 933. The number of hydrogen-bond acceptors (Lipinski definition) is 7. The Morgan fingerprint density at radius 3 is 2.45 bits per heavy atom. The minimum Gasteiger partial charge on any atom is -0.471 e. The molecule has 0 aromatic heterocycles. The Hall–Kier alpha value is -3.16. The minimum absolute atomic E-state index is 0.0852. The van der Waals surface area contributed by atoms with Gasteiger partial charge in [-0.3, -0.25) is 19.2 Å². The number of allylic oxidation sites excluding steroid dienone is 1. The van der Waals surface area contributed by atoms with Crippen molar-refractivity contribution in [3.8, 4) is 11.5 Å². The first-order valence-electron chi connectivity index (χ1n) is 9.19. The fraction of sp³-hybridized carbons (Fsp3) is 0.429. The molecule has 0 N–H and O–H groups in total. The molecule has 8 heteroatoms. The van der Waals surface area contributed by atoms with Crippen LogP contribution in [-0.2, 0) is 19.1 Å². The van der Waals surface area contributed by atoms with E-state index in [1.807, 2.05) is 0 Å². The van der Waals surface area contributed by atoms with E-state index in [0.717, 1.165) is 0 Å². The molecule has 3 rings (SSSR count). The quantitative estimate of drug-likeness (QED) is 0.433. The summed E-state index contributed by atoms with van der Waals surface area (Å²) in [6.45, 7) is 4.22. The molecular weight excluding hydrogens is 378 g/mol. The number of aryl methyl sites for hydroxylation is 1. The van der Waals surface area contributed by atoms with E-state index in [9.17, 15) is 19.2 Å². The largest absolute Gasteiger partial charge is 0.471 e. The summed E-state index contributed by atoms with van der Waals surface area (Å²) >= 11 is 0. The highest BCUT2D eigenvalue weighted by Gasteiger charge is 2.62. The van der Waals surface area contributed by atoms with Crippen LogP contribution in [-0.4, -0.2) is 54.3 Å². The van der Waals surface area contributed by atoms with Gasteiger partial charge in [0.05, 0.1) is 5.92 Å². The Morgan fingerprint density at radius 1 is 1.17 bits per heavy atom. The molecule has 1 aliphatic carbocycles. The van der Waals surface area contributed by atoms with Crippen molar-refractivity contribution in [2.24, 2.45) is 5.92 Å². The molecule has 1 aliphatic heterocycles. The number of nitrogens with zero attached hydrogens (tertiary/aromatic N) is 1. The van der Waals surface area contributed by atoms with E-state index in [-0.39, 0.29) is 23.5 Å². The summed E-state index contributed by atoms with van der Waals surface area (Å²) in [5, 5.41) is 0. The van der Waals surface area contributed by atoms with E-state index in [4.69, 9.17) is 14.2 Å². The molecule has 2 aliphatic rings. The van der Waals surface area contributed by atoms with Crippen molar-refractivity contribution in [3.05, 3.63) is 35.4 Å². The van der Waals surface area contributed by atoms with Crippen molar-refractivity contribution in [2.75, 3.05) is 14.1 Å². The van der Waals surface area contributed by atoms with Gasteiger partial charge in [0.25, 0.3) is 5.91 Å². The second kappa shape index (κ2) is 7.35. The van der Waals surface area contributed by atoms with E-state index in [1.165, 1.54) is 18.7 Å². The zero-order valence-corrected chi connectivity index (χ0v) is 17.0. The maximum Gasteiger partial charge on any atom is 0.308 e. The topological polar surface area (TPSA) is 99.2 Å². The first kappa shape index (κ1) is 20.6. The normalized spacial score (nSPS) is 24.7. The van der Waals surface area contributed by atoms with Gasteiger partial charge in [-0.2, -0.15) is 0 Å². The fourth-order valence-electron chi connectivity index (χ4n) is 3.89. The summed E-state index contributed by atoms with van der Waals surface area (Å²) in [5.74, 6) is -2.82. The lowest BCUT2D eigenvalue weighted by atomic mass is 9.70. The summed E-state index contributed by atoms with van der Waals surface area (Å²) in [4.78, 5) is 51.3. The van der Waals surface area contributed by atoms with Crippen LogP contribution >= 0.6 is 0 Å². The Balaban J connectivity index is 2.24. The van der Waals surface area contributed by atoms with Crippen LogP contribution in [0.15, 0.2) is 24.3 Å². The number of carbonyl (C=O) groups is 4. The van der Waals surface area contributed by atoms with Gasteiger partial charge < -0.3 is 19.1 Å². The van der Waals surface area contributed by atoms with Crippen LogP contribution in [0.1, 0.15) is 36.2 Å². The number of likely N-dealkylation sites (N-methyl/N-ethyl adjacent to an activating group) is 1. The number of Topliss-reactive ketones (excluding diaryl/α,β-unsaturated/α-hetero) is 1. The Kier molecular flexibility index (Phi) is 5.21. The molecule has 29 heavy (non-hydrogen) atoms. The molecule has 0 saturated heterocycles. The molecule has 0 radical (unpaired) electrons. The third-order valence-electron chi connectivity index (χ3n) is 4.96. The maximum absolute atomic E-state index is 13.5. The van der Waals surface area contributed by atoms with E-state index in [0.29, 0.717) is 5.56 Å². The zero-order chi connectivity index (χ0) is 21.5.